The lowest BCUT2D eigenvalue weighted by molar-refractivity contribution is 0.612. The summed E-state index contributed by atoms with van der Waals surface area (Å²) in [4.78, 5) is 9.05. The third kappa shape index (κ3) is 2.12. The van der Waals surface area contributed by atoms with Crippen LogP contribution in [-0.4, -0.2) is 45.9 Å². The molecule has 1 saturated carbocycles. The Hall–Kier alpha value is -1.41. The Morgan fingerprint density at radius 2 is 1.95 bits per heavy atom. The molecule has 1 N–H and O–H groups in total. The Kier molecular flexibility index (Phi) is 2.99. The van der Waals surface area contributed by atoms with Gasteiger partial charge >= 0.3 is 0 Å². The van der Waals surface area contributed by atoms with Crippen molar-refractivity contribution >= 4 is 34.6 Å². The minimum absolute atomic E-state index is 0.563. The van der Waals surface area contributed by atoms with Gasteiger partial charge in [0, 0.05) is 43.8 Å². The molecule has 0 radical (unpaired) electrons. The van der Waals surface area contributed by atoms with E-state index in [-0.39, 0.29) is 0 Å². The molecule has 3 heterocycles. The van der Waals surface area contributed by atoms with Gasteiger partial charge in [-0.2, -0.15) is 0 Å². The number of rotatable bonds is 3. The second kappa shape index (κ2) is 4.85. The van der Waals surface area contributed by atoms with Crippen molar-refractivity contribution in [2.45, 2.75) is 18.9 Å². The van der Waals surface area contributed by atoms with Gasteiger partial charge in [0.2, 0.25) is 5.95 Å². The Labute approximate surface area is 126 Å². The van der Waals surface area contributed by atoms with Gasteiger partial charge in [-0.3, -0.25) is 4.57 Å². The van der Waals surface area contributed by atoms with Crippen molar-refractivity contribution in [3.05, 3.63) is 16.3 Å². The molecular weight excluding hydrogens is 292 g/mol. The predicted octanol–water partition coefficient (Wildman–Crippen LogP) is 2.06. The number of hydrogen-bond donors (Lipinski definition) is 1. The van der Waals surface area contributed by atoms with Crippen molar-refractivity contribution in [3.8, 4) is 0 Å². The Bertz CT molecular complexity index is 633. The van der Waals surface area contributed by atoms with E-state index >= 15 is 0 Å². The van der Waals surface area contributed by atoms with E-state index in [0.717, 1.165) is 42.0 Å². The fourth-order valence-corrected chi connectivity index (χ4v) is 3.62. The molecule has 106 valence electrons. The number of thiazole rings is 1. The zero-order chi connectivity index (χ0) is 13.5. The monoisotopic (exact) mass is 308 g/mol. The predicted molar refractivity (Wildman–Crippen MR) is 82.2 cm³/mol. The summed E-state index contributed by atoms with van der Waals surface area (Å²) in [6, 6.07) is 0.563. The van der Waals surface area contributed by atoms with Crippen LogP contribution in [0.15, 0.2) is 11.6 Å². The molecule has 8 heteroatoms. The van der Waals surface area contributed by atoms with E-state index in [9.17, 15) is 0 Å². The van der Waals surface area contributed by atoms with E-state index < -0.39 is 0 Å². The third-order valence-electron chi connectivity index (χ3n) is 3.85. The molecule has 2 aromatic rings. The summed E-state index contributed by atoms with van der Waals surface area (Å²) in [5.74, 6) is 1.01. The van der Waals surface area contributed by atoms with Gasteiger partial charge in [0.1, 0.15) is 0 Å². The zero-order valence-electron chi connectivity index (χ0n) is 11.0. The van der Waals surface area contributed by atoms with E-state index in [1.807, 2.05) is 11.6 Å². The summed E-state index contributed by atoms with van der Waals surface area (Å²) in [5, 5.41) is 10.5. The van der Waals surface area contributed by atoms with Gasteiger partial charge in [-0.1, -0.05) is 0 Å². The van der Waals surface area contributed by atoms with Gasteiger partial charge in [0.25, 0.3) is 0 Å². The average molecular weight is 308 g/mol. The van der Waals surface area contributed by atoms with Crippen molar-refractivity contribution in [1.29, 1.82) is 0 Å². The molecule has 2 fully saturated rings. The number of aromatic amines is 1. The van der Waals surface area contributed by atoms with Crippen molar-refractivity contribution < 1.29 is 0 Å². The lowest BCUT2D eigenvalue weighted by atomic mass is 10.3. The minimum atomic E-state index is 0.563. The highest BCUT2D eigenvalue weighted by Gasteiger charge is 2.30. The van der Waals surface area contributed by atoms with Crippen molar-refractivity contribution in [1.82, 2.24) is 19.7 Å². The summed E-state index contributed by atoms with van der Waals surface area (Å²) < 4.78 is 2.94. The molecule has 1 aliphatic heterocycles. The van der Waals surface area contributed by atoms with Crippen molar-refractivity contribution in [2.75, 3.05) is 36.0 Å². The number of piperazine rings is 1. The molecule has 0 bridgehead atoms. The molecule has 0 aromatic carbocycles. The van der Waals surface area contributed by atoms with Crippen molar-refractivity contribution in [2.24, 2.45) is 0 Å². The van der Waals surface area contributed by atoms with Crippen LogP contribution in [0.5, 0.6) is 0 Å². The first-order chi connectivity index (χ1) is 9.83. The molecule has 6 nitrogen and oxygen atoms in total. The van der Waals surface area contributed by atoms with Gasteiger partial charge in [-0.15, -0.1) is 16.4 Å². The second-order valence-corrected chi connectivity index (χ2v) is 6.48. The lowest BCUT2D eigenvalue weighted by Gasteiger charge is -2.35. The molecule has 0 spiro atoms. The Balaban J connectivity index is 1.50. The smallest absolute Gasteiger partial charge is 0.226 e. The number of nitrogens with zero attached hydrogens (tertiary/aromatic N) is 5. The Morgan fingerprint density at radius 3 is 2.60 bits per heavy atom. The minimum Gasteiger partial charge on any atom is -0.345 e. The van der Waals surface area contributed by atoms with Crippen LogP contribution in [0.3, 0.4) is 0 Å². The largest absolute Gasteiger partial charge is 0.345 e. The molecule has 1 saturated heterocycles. The fourth-order valence-electron chi connectivity index (χ4n) is 2.65. The van der Waals surface area contributed by atoms with Crippen LogP contribution in [0.2, 0.25) is 0 Å². The number of hydrogen-bond acceptors (Lipinski definition) is 6. The molecule has 1 aliphatic carbocycles. The highest BCUT2D eigenvalue weighted by atomic mass is 32.1. The molecular formula is C12H16N6S2. The Morgan fingerprint density at radius 1 is 1.20 bits per heavy atom. The highest BCUT2D eigenvalue weighted by molar-refractivity contribution is 7.71. The van der Waals surface area contributed by atoms with Crippen LogP contribution < -0.4 is 9.80 Å². The maximum atomic E-state index is 5.35. The fraction of sp³-hybridized carbons (Fsp3) is 0.583. The van der Waals surface area contributed by atoms with Gasteiger partial charge in [0.05, 0.1) is 0 Å². The summed E-state index contributed by atoms with van der Waals surface area (Å²) in [6.45, 7) is 3.90. The molecule has 0 unspecified atom stereocenters. The van der Waals surface area contributed by atoms with Crippen LogP contribution in [0.4, 0.5) is 11.1 Å². The zero-order valence-corrected chi connectivity index (χ0v) is 12.7. The number of anilines is 2. The van der Waals surface area contributed by atoms with Gasteiger partial charge in [0.15, 0.2) is 9.90 Å². The molecule has 0 atom stereocenters. The lowest BCUT2D eigenvalue weighted by Crippen LogP contribution is -2.47. The quantitative estimate of drug-likeness (QED) is 0.880. The third-order valence-corrected chi connectivity index (χ3v) is 4.97. The van der Waals surface area contributed by atoms with E-state index in [1.54, 1.807) is 11.3 Å². The van der Waals surface area contributed by atoms with E-state index in [1.165, 1.54) is 12.8 Å². The maximum Gasteiger partial charge on any atom is 0.226 e. The van der Waals surface area contributed by atoms with Gasteiger partial charge in [-0.25, -0.2) is 10.1 Å². The highest BCUT2D eigenvalue weighted by Crippen LogP contribution is 2.38. The standard InChI is InChI=1S/C12H16N6S2/c19-11-15-14-10(18(11)9-1-2-9)16-4-6-17(7-5-16)12-13-3-8-20-12/h3,8-9H,1-2,4-7H2,(H,15,19). The van der Waals surface area contributed by atoms with Gasteiger partial charge < -0.3 is 9.80 Å². The molecule has 4 rings (SSSR count). The van der Waals surface area contributed by atoms with Crippen LogP contribution in [0, 0.1) is 4.77 Å². The summed E-state index contributed by atoms with van der Waals surface area (Å²) >= 11 is 7.05. The summed E-state index contributed by atoms with van der Waals surface area (Å²) in [7, 11) is 0. The van der Waals surface area contributed by atoms with Crippen molar-refractivity contribution in [3.63, 3.8) is 0 Å². The van der Waals surface area contributed by atoms with E-state index in [0.29, 0.717) is 6.04 Å². The van der Waals surface area contributed by atoms with E-state index in [2.05, 4.69) is 29.5 Å². The first-order valence-corrected chi connectivity index (χ1v) is 8.18. The number of aromatic nitrogens is 4. The number of H-pyrrole nitrogens is 1. The first-order valence-electron chi connectivity index (χ1n) is 6.89. The molecule has 20 heavy (non-hydrogen) atoms. The summed E-state index contributed by atoms with van der Waals surface area (Å²) in [5.41, 5.74) is 0. The normalized spacial score (nSPS) is 19.6. The average Bonchev–Trinajstić information content (AvgIpc) is 3.02. The first kappa shape index (κ1) is 12.3. The van der Waals surface area contributed by atoms with Crippen LogP contribution in [-0.2, 0) is 0 Å². The molecule has 2 aromatic heterocycles. The number of nitrogens with one attached hydrogen (secondary N) is 1. The summed E-state index contributed by atoms with van der Waals surface area (Å²) in [6.07, 6.45) is 4.31. The van der Waals surface area contributed by atoms with E-state index in [4.69, 9.17) is 12.2 Å². The molecule has 0 amide bonds. The van der Waals surface area contributed by atoms with Gasteiger partial charge in [-0.05, 0) is 25.1 Å². The van der Waals surface area contributed by atoms with Crippen LogP contribution in [0.25, 0.3) is 0 Å². The van der Waals surface area contributed by atoms with Crippen LogP contribution in [0.1, 0.15) is 18.9 Å². The second-order valence-electron chi connectivity index (χ2n) is 5.22. The molecule has 2 aliphatic rings. The van der Waals surface area contributed by atoms with Crippen LogP contribution >= 0.6 is 23.6 Å². The maximum absolute atomic E-state index is 5.35. The topological polar surface area (TPSA) is 53.0 Å². The SMILES string of the molecule is S=c1[nH]nc(N2CCN(c3nccs3)CC2)n1C1CC1.